The Kier molecular flexibility index (Phi) is 6.37. The van der Waals surface area contributed by atoms with Gasteiger partial charge in [-0.3, -0.25) is 15.0 Å². The predicted octanol–water partition coefficient (Wildman–Crippen LogP) is 2.67. The maximum atomic E-state index is 13.1. The highest BCUT2D eigenvalue weighted by Gasteiger charge is 2.27. The quantitative estimate of drug-likeness (QED) is 0.622. The van der Waals surface area contributed by atoms with Crippen LogP contribution in [0.15, 0.2) is 51.6 Å². The van der Waals surface area contributed by atoms with E-state index in [9.17, 15) is 14.0 Å². The number of likely N-dealkylation sites (tertiary alicyclic amines) is 1. The number of aromatic nitrogens is 2. The molecule has 10 heteroatoms. The number of furan rings is 1. The summed E-state index contributed by atoms with van der Waals surface area (Å²) in [6, 6.07) is 8.76. The highest BCUT2D eigenvalue weighted by molar-refractivity contribution is 5.95. The minimum Gasteiger partial charge on any atom is -0.467 e. The van der Waals surface area contributed by atoms with Gasteiger partial charge in [-0.05, 0) is 55.8 Å². The average molecular weight is 427 g/mol. The first kappa shape index (κ1) is 20.7. The molecule has 31 heavy (non-hydrogen) atoms. The minimum atomic E-state index is -0.573. The van der Waals surface area contributed by atoms with Crippen LogP contribution in [-0.4, -0.2) is 46.6 Å². The molecule has 0 radical (unpaired) electrons. The van der Waals surface area contributed by atoms with Gasteiger partial charge in [0.1, 0.15) is 11.6 Å². The number of urea groups is 1. The second kappa shape index (κ2) is 9.52. The van der Waals surface area contributed by atoms with E-state index in [0.717, 1.165) is 19.4 Å². The van der Waals surface area contributed by atoms with E-state index in [2.05, 4.69) is 20.8 Å². The van der Waals surface area contributed by atoms with Crippen LogP contribution in [0.1, 0.15) is 30.4 Å². The number of amides is 3. The molecule has 0 aliphatic carbocycles. The summed E-state index contributed by atoms with van der Waals surface area (Å²) in [4.78, 5) is 30.5. The molecule has 1 atom stereocenters. The van der Waals surface area contributed by atoms with Gasteiger partial charge in [-0.2, -0.15) is 4.98 Å². The van der Waals surface area contributed by atoms with Crippen LogP contribution in [0.3, 0.4) is 0 Å². The lowest BCUT2D eigenvalue weighted by atomic mass is 9.98. The van der Waals surface area contributed by atoms with Gasteiger partial charge in [0, 0.05) is 12.1 Å². The van der Waals surface area contributed by atoms with Crippen molar-refractivity contribution in [1.29, 1.82) is 0 Å². The van der Waals surface area contributed by atoms with Crippen molar-refractivity contribution in [2.75, 3.05) is 19.6 Å². The summed E-state index contributed by atoms with van der Waals surface area (Å²) in [6.07, 6.45) is 3.22. The number of hydrogen-bond donors (Lipinski definition) is 2. The third kappa shape index (κ3) is 5.54. The summed E-state index contributed by atoms with van der Waals surface area (Å²) in [5.74, 6) is 0.745. The minimum absolute atomic E-state index is 0.0176. The molecule has 4 rings (SSSR count). The fourth-order valence-electron chi connectivity index (χ4n) is 3.51. The summed E-state index contributed by atoms with van der Waals surface area (Å²) in [5.41, 5.74) is 0.670. The monoisotopic (exact) mass is 427 g/mol. The molecule has 2 aromatic heterocycles. The van der Waals surface area contributed by atoms with Gasteiger partial charge in [0.15, 0.2) is 0 Å². The highest BCUT2D eigenvalue weighted by Crippen LogP contribution is 2.27. The number of carbonyl (C=O) groups is 2. The van der Waals surface area contributed by atoms with E-state index in [4.69, 9.17) is 8.94 Å². The molecule has 1 saturated heterocycles. The van der Waals surface area contributed by atoms with Crippen LogP contribution < -0.4 is 10.6 Å². The van der Waals surface area contributed by atoms with E-state index in [1.807, 2.05) is 4.90 Å². The van der Waals surface area contributed by atoms with Crippen molar-refractivity contribution in [3.63, 3.8) is 0 Å². The van der Waals surface area contributed by atoms with Gasteiger partial charge in [-0.1, -0.05) is 5.16 Å². The molecule has 0 saturated carbocycles. The largest absolute Gasteiger partial charge is 0.467 e. The molecule has 162 valence electrons. The number of benzene rings is 1. The summed E-state index contributed by atoms with van der Waals surface area (Å²) >= 11 is 0. The van der Waals surface area contributed by atoms with Crippen LogP contribution in [0.2, 0.25) is 0 Å². The van der Waals surface area contributed by atoms with Gasteiger partial charge >= 0.3 is 6.03 Å². The van der Waals surface area contributed by atoms with E-state index in [0.29, 0.717) is 29.6 Å². The van der Waals surface area contributed by atoms with Crippen molar-refractivity contribution < 1.29 is 22.9 Å². The van der Waals surface area contributed by atoms with E-state index >= 15 is 0 Å². The third-order valence-electron chi connectivity index (χ3n) is 5.02. The first-order valence-corrected chi connectivity index (χ1v) is 9.99. The lowest BCUT2D eigenvalue weighted by Crippen LogP contribution is -2.46. The molecule has 9 nitrogen and oxygen atoms in total. The van der Waals surface area contributed by atoms with Crippen molar-refractivity contribution in [3.8, 4) is 11.4 Å². The van der Waals surface area contributed by atoms with Crippen molar-refractivity contribution >= 4 is 11.9 Å². The maximum Gasteiger partial charge on any atom is 0.321 e. The normalized spacial score (nSPS) is 16.7. The fourth-order valence-corrected chi connectivity index (χ4v) is 3.51. The van der Waals surface area contributed by atoms with Gasteiger partial charge in [-0.25, -0.2) is 9.18 Å². The van der Waals surface area contributed by atoms with Gasteiger partial charge < -0.3 is 14.3 Å². The lowest BCUT2D eigenvalue weighted by Gasteiger charge is -2.30. The maximum absolute atomic E-state index is 13.1. The summed E-state index contributed by atoms with van der Waals surface area (Å²) in [5, 5.41) is 8.88. The van der Waals surface area contributed by atoms with Crippen LogP contribution in [0, 0.1) is 5.82 Å². The highest BCUT2D eigenvalue weighted by atomic mass is 19.1. The number of piperidine rings is 1. The molecular formula is C21H22FN5O4. The zero-order chi connectivity index (χ0) is 21.6. The Balaban J connectivity index is 1.28. The van der Waals surface area contributed by atoms with Crippen molar-refractivity contribution in [1.82, 2.24) is 25.7 Å². The molecule has 1 unspecified atom stereocenters. The topological polar surface area (TPSA) is 114 Å². The molecular weight excluding hydrogens is 405 g/mol. The molecule has 0 spiro atoms. The molecule has 0 bridgehead atoms. The Morgan fingerprint density at radius 3 is 2.84 bits per heavy atom. The number of rotatable bonds is 6. The second-order valence-corrected chi connectivity index (χ2v) is 7.35. The van der Waals surface area contributed by atoms with E-state index in [1.54, 1.807) is 24.3 Å². The van der Waals surface area contributed by atoms with Gasteiger partial charge in [-0.15, -0.1) is 0 Å². The first-order chi connectivity index (χ1) is 15.1. The van der Waals surface area contributed by atoms with Crippen LogP contribution >= 0.6 is 0 Å². The number of nitrogens with zero attached hydrogens (tertiary/aromatic N) is 3. The summed E-state index contributed by atoms with van der Waals surface area (Å²) < 4.78 is 23.6. The van der Waals surface area contributed by atoms with Crippen molar-refractivity contribution in [2.24, 2.45) is 0 Å². The van der Waals surface area contributed by atoms with E-state index < -0.39 is 11.9 Å². The SMILES string of the molecule is O=C(CN1CCCC(c2nc(-c3ccc(F)cc3)no2)C1)NC(=O)NCc1ccco1. The zero-order valence-corrected chi connectivity index (χ0v) is 16.7. The Morgan fingerprint density at radius 2 is 2.06 bits per heavy atom. The zero-order valence-electron chi connectivity index (χ0n) is 16.7. The second-order valence-electron chi connectivity index (χ2n) is 7.35. The molecule has 1 aliphatic rings. The van der Waals surface area contributed by atoms with Crippen molar-refractivity contribution in [3.05, 3.63) is 60.1 Å². The Labute approximate surface area is 177 Å². The standard InChI is InChI=1S/C21H22FN5O4/c22-16-7-5-14(6-8-16)19-25-20(31-26-19)15-3-1-9-27(12-15)13-18(28)24-21(29)23-11-17-4-2-10-30-17/h2,4-8,10,15H,1,3,9,11-13H2,(H2,23,24,28,29). The number of hydrogen-bond acceptors (Lipinski definition) is 7. The van der Waals surface area contributed by atoms with Crippen LogP contribution in [0.25, 0.3) is 11.4 Å². The van der Waals surface area contributed by atoms with Crippen LogP contribution in [0.4, 0.5) is 9.18 Å². The number of carbonyl (C=O) groups excluding carboxylic acids is 2. The van der Waals surface area contributed by atoms with Crippen LogP contribution in [0.5, 0.6) is 0 Å². The first-order valence-electron chi connectivity index (χ1n) is 9.99. The van der Waals surface area contributed by atoms with Gasteiger partial charge in [0.05, 0.1) is 25.3 Å². The lowest BCUT2D eigenvalue weighted by molar-refractivity contribution is -0.121. The molecule has 1 fully saturated rings. The van der Waals surface area contributed by atoms with Crippen molar-refractivity contribution in [2.45, 2.75) is 25.3 Å². The summed E-state index contributed by atoms with van der Waals surface area (Å²) in [6.45, 7) is 1.58. The Bertz CT molecular complexity index is 1020. The average Bonchev–Trinajstić information content (AvgIpc) is 3.45. The number of halogens is 1. The third-order valence-corrected chi connectivity index (χ3v) is 5.02. The smallest absolute Gasteiger partial charge is 0.321 e. The van der Waals surface area contributed by atoms with Crippen LogP contribution in [-0.2, 0) is 11.3 Å². The molecule has 1 aliphatic heterocycles. The molecule has 3 amide bonds. The fraction of sp³-hybridized carbons (Fsp3) is 0.333. The Hall–Kier alpha value is -3.53. The molecule has 3 aromatic rings. The van der Waals surface area contributed by atoms with Gasteiger partial charge in [0.25, 0.3) is 0 Å². The van der Waals surface area contributed by atoms with E-state index in [-0.39, 0.29) is 24.8 Å². The summed E-state index contributed by atoms with van der Waals surface area (Å²) in [7, 11) is 0. The number of imide groups is 1. The molecule has 3 heterocycles. The molecule has 2 N–H and O–H groups in total. The Morgan fingerprint density at radius 1 is 1.23 bits per heavy atom. The predicted molar refractivity (Wildman–Crippen MR) is 107 cm³/mol. The van der Waals surface area contributed by atoms with Gasteiger partial charge in [0.2, 0.25) is 17.6 Å². The van der Waals surface area contributed by atoms with E-state index in [1.165, 1.54) is 18.4 Å². The molecule has 1 aromatic carbocycles. The number of nitrogens with one attached hydrogen (secondary N) is 2.